The van der Waals surface area contributed by atoms with Gasteiger partial charge in [0.25, 0.3) is 0 Å². The highest BCUT2D eigenvalue weighted by molar-refractivity contribution is 5.75. The van der Waals surface area contributed by atoms with Crippen LogP contribution in [0.25, 0.3) is 0 Å². The Morgan fingerprint density at radius 2 is 2.00 bits per heavy atom. The van der Waals surface area contributed by atoms with Gasteiger partial charge < -0.3 is 14.2 Å². The van der Waals surface area contributed by atoms with Crippen LogP contribution in [0.4, 0.5) is 4.39 Å². The van der Waals surface area contributed by atoms with E-state index in [2.05, 4.69) is 9.88 Å². The third-order valence-corrected chi connectivity index (χ3v) is 4.85. The fourth-order valence-electron chi connectivity index (χ4n) is 3.20. The van der Waals surface area contributed by atoms with Gasteiger partial charge in [-0.1, -0.05) is 19.1 Å². The molecule has 1 aliphatic rings. The number of amides is 1. The van der Waals surface area contributed by atoms with Crippen molar-refractivity contribution in [2.75, 3.05) is 39.4 Å². The highest BCUT2D eigenvalue weighted by Gasteiger charge is 2.18. The monoisotopic (exact) mass is 374 g/mol. The number of aromatic nitrogens is 2. The van der Waals surface area contributed by atoms with Gasteiger partial charge in [-0.25, -0.2) is 9.37 Å². The first kappa shape index (κ1) is 19.5. The summed E-state index contributed by atoms with van der Waals surface area (Å²) in [4.78, 5) is 21.1. The predicted molar refractivity (Wildman–Crippen MR) is 101 cm³/mol. The number of halogens is 1. The molecular weight excluding hydrogens is 347 g/mol. The third kappa shape index (κ3) is 5.61. The highest BCUT2D eigenvalue weighted by atomic mass is 19.1. The Hall–Kier alpha value is -2.25. The Kier molecular flexibility index (Phi) is 6.95. The van der Waals surface area contributed by atoms with Gasteiger partial charge in [0.2, 0.25) is 5.91 Å². The van der Waals surface area contributed by atoms with Crippen molar-refractivity contribution in [2.24, 2.45) is 0 Å². The van der Waals surface area contributed by atoms with E-state index in [1.54, 1.807) is 18.3 Å². The lowest BCUT2D eigenvalue weighted by molar-refractivity contribution is -0.132. The van der Waals surface area contributed by atoms with Crippen molar-refractivity contribution in [1.82, 2.24) is 19.4 Å². The Morgan fingerprint density at radius 1 is 1.26 bits per heavy atom. The summed E-state index contributed by atoms with van der Waals surface area (Å²) < 4.78 is 20.5. The van der Waals surface area contributed by atoms with Crippen LogP contribution < -0.4 is 0 Å². The van der Waals surface area contributed by atoms with Gasteiger partial charge in [0, 0.05) is 51.5 Å². The Balaban J connectivity index is 1.63. The van der Waals surface area contributed by atoms with Crippen LogP contribution >= 0.6 is 0 Å². The summed E-state index contributed by atoms with van der Waals surface area (Å²) in [6, 6.07) is 6.46. The number of nitrogens with zero attached hydrogens (tertiary/aromatic N) is 4. The summed E-state index contributed by atoms with van der Waals surface area (Å²) in [5.41, 5.74) is 0.998. The SMILES string of the molecule is CCC(=O)N(CCN1CCOCC1)Cc1nccn1Cc1ccc(F)cc1. The van der Waals surface area contributed by atoms with E-state index in [-0.39, 0.29) is 11.7 Å². The number of imidazole rings is 1. The molecule has 7 heteroatoms. The molecule has 1 fully saturated rings. The van der Waals surface area contributed by atoms with E-state index in [0.29, 0.717) is 26.1 Å². The number of ether oxygens (including phenoxy) is 1. The van der Waals surface area contributed by atoms with E-state index in [0.717, 1.165) is 44.2 Å². The largest absolute Gasteiger partial charge is 0.379 e. The second-order valence-electron chi connectivity index (χ2n) is 6.72. The van der Waals surface area contributed by atoms with Crippen LogP contribution in [0.2, 0.25) is 0 Å². The average molecular weight is 374 g/mol. The molecule has 0 saturated carbocycles. The van der Waals surface area contributed by atoms with E-state index in [1.807, 2.05) is 22.6 Å². The van der Waals surface area contributed by atoms with Gasteiger partial charge in [-0.2, -0.15) is 0 Å². The van der Waals surface area contributed by atoms with Crippen LogP contribution in [0.15, 0.2) is 36.7 Å². The van der Waals surface area contributed by atoms with Crippen LogP contribution in [-0.4, -0.2) is 64.7 Å². The number of carbonyl (C=O) groups is 1. The van der Waals surface area contributed by atoms with Gasteiger partial charge in [-0.15, -0.1) is 0 Å². The predicted octanol–water partition coefficient (Wildman–Crippen LogP) is 2.14. The minimum atomic E-state index is -0.243. The highest BCUT2D eigenvalue weighted by Crippen LogP contribution is 2.10. The van der Waals surface area contributed by atoms with Crippen molar-refractivity contribution in [3.63, 3.8) is 0 Å². The summed E-state index contributed by atoms with van der Waals surface area (Å²) in [6.07, 6.45) is 4.12. The molecule has 0 N–H and O–H groups in total. The van der Waals surface area contributed by atoms with E-state index >= 15 is 0 Å². The maximum absolute atomic E-state index is 13.1. The van der Waals surface area contributed by atoms with Crippen LogP contribution in [0.1, 0.15) is 24.7 Å². The minimum absolute atomic E-state index is 0.125. The Morgan fingerprint density at radius 3 is 2.70 bits per heavy atom. The summed E-state index contributed by atoms with van der Waals surface area (Å²) in [7, 11) is 0. The Labute approximate surface area is 159 Å². The van der Waals surface area contributed by atoms with Crippen molar-refractivity contribution in [3.05, 3.63) is 53.9 Å². The molecule has 0 aliphatic carbocycles. The first-order chi connectivity index (χ1) is 13.2. The zero-order chi connectivity index (χ0) is 19.1. The van der Waals surface area contributed by atoms with Crippen LogP contribution in [0, 0.1) is 5.82 Å². The molecule has 1 aliphatic heterocycles. The molecule has 2 aromatic rings. The molecule has 0 unspecified atom stereocenters. The zero-order valence-corrected chi connectivity index (χ0v) is 15.8. The molecule has 0 atom stereocenters. The number of morpholine rings is 1. The van der Waals surface area contributed by atoms with Crippen molar-refractivity contribution in [1.29, 1.82) is 0 Å². The zero-order valence-electron chi connectivity index (χ0n) is 15.8. The van der Waals surface area contributed by atoms with Crippen LogP contribution in [0.3, 0.4) is 0 Å². The molecule has 1 aromatic carbocycles. The number of hydrogen-bond donors (Lipinski definition) is 0. The third-order valence-electron chi connectivity index (χ3n) is 4.85. The molecule has 146 valence electrons. The summed E-state index contributed by atoms with van der Waals surface area (Å²) in [5, 5.41) is 0. The molecule has 0 radical (unpaired) electrons. The maximum atomic E-state index is 13.1. The second-order valence-corrected chi connectivity index (χ2v) is 6.72. The summed E-state index contributed by atoms with van der Waals surface area (Å²) in [5.74, 6) is 0.718. The fourth-order valence-corrected chi connectivity index (χ4v) is 3.20. The standard InChI is InChI=1S/C20H27FN4O2/c1-2-20(26)25(10-9-23-11-13-27-14-12-23)16-19-22-7-8-24(19)15-17-3-5-18(21)6-4-17/h3-8H,2,9-16H2,1H3. The lowest BCUT2D eigenvalue weighted by Gasteiger charge is -2.30. The van der Waals surface area contributed by atoms with Gasteiger partial charge in [-0.05, 0) is 17.7 Å². The smallest absolute Gasteiger partial charge is 0.222 e. The van der Waals surface area contributed by atoms with Gasteiger partial charge in [0.05, 0.1) is 19.8 Å². The molecule has 1 saturated heterocycles. The number of hydrogen-bond acceptors (Lipinski definition) is 4. The van der Waals surface area contributed by atoms with E-state index in [9.17, 15) is 9.18 Å². The van der Waals surface area contributed by atoms with Crippen molar-refractivity contribution in [2.45, 2.75) is 26.4 Å². The van der Waals surface area contributed by atoms with E-state index in [4.69, 9.17) is 4.74 Å². The lowest BCUT2D eigenvalue weighted by atomic mass is 10.2. The van der Waals surface area contributed by atoms with Crippen molar-refractivity contribution >= 4 is 5.91 Å². The molecule has 2 heterocycles. The van der Waals surface area contributed by atoms with Gasteiger partial charge >= 0.3 is 0 Å². The van der Waals surface area contributed by atoms with Crippen LogP contribution in [0.5, 0.6) is 0 Å². The minimum Gasteiger partial charge on any atom is -0.379 e. The number of rotatable bonds is 8. The number of carbonyl (C=O) groups excluding carboxylic acids is 1. The maximum Gasteiger partial charge on any atom is 0.222 e. The fraction of sp³-hybridized carbons (Fsp3) is 0.500. The van der Waals surface area contributed by atoms with Crippen molar-refractivity contribution in [3.8, 4) is 0 Å². The van der Waals surface area contributed by atoms with Crippen LogP contribution in [-0.2, 0) is 22.6 Å². The molecule has 6 nitrogen and oxygen atoms in total. The first-order valence-electron chi connectivity index (χ1n) is 9.48. The molecule has 1 aromatic heterocycles. The second kappa shape index (κ2) is 9.62. The van der Waals surface area contributed by atoms with E-state index < -0.39 is 0 Å². The topological polar surface area (TPSA) is 50.6 Å². The average Bonchev–Trinajstić information content (AvgIpc) is 3.13. The quantitative estimate of drug-likeness (QED) is 0.710. The first-order valence-corrected chi connectivity index (χ1v) is 9.48. The normalized spacial score (nSPS) is 15.0. The number of benzene rings is 1. The molecular formula is C20H27FN4O2. The Bertz CT molecular complexity index is 726. The van der Waals surface area contributed by atoms with Gasteiger partial charge in [0.1, 0.15) is 11.6 Å². The molecule has 1 amide bonds. The summed E-state index contributed by atoms with van der Waals surface area (Å²) in [6.45, 7) is 7.81. The summed E-state index contributed by atoms with van der Waals surface area (Å²) >= 11 is 0. The molecule has 27 heavy (non-hydrogen) atoms. The molecule has 3 rings (SSSR count). The van der Waals surface area contributed by atoms with E-state index in [1.165, 1.54) is 12.1 Å². The lowest BCUT2D eigenvalue weighted by Crippen LogP contribution is -2.43. The molecule has 0 spiro atoms. The molecule has 0 bridgehead atoms. The van der Waals surface area contributed by atoms with Gasteiger partial charge in [0.15, 0.2) is 0 Å². The van der Waals surface area contributed by atoms with Gasteiger partial charge in [-0.3, -0.25) is 9.69 Å². The van der Waals surface area contributed by atoms with Crippen molar-refractivity contribution < 1.29 is 13.9 Å².